The van der Waals surface area contributed by atoms with Crippen LogP contribution in [0.5, 0.6) is 0 Å². The summed E-state index contributed by atoms with van der Waals surface area (Å²) < 4.78 is 0. The van der Waals surface area contributed by atoms with Gasteiger partial charge >= 0.3 is 0 Å². The summed E-state index contributed by atoms with van der Waals surface area (Å²) >= 11 is 0. The maximum atomic E-state index is 1.59. The van der Waals surface area contributed by atoms with Gasteiger partial charge in [0.25, 0.3) is 0 Å². The van der Waals surface area contributed by atoms with Crippen LogP contribution in [0.4, 0.5) is 0 Å². The second-order valence-electron chi connectivity index (χ2n) is 3.21. The summed E-state index contributed by atoms with van der Waals surface area (Å²) in [5.41, 5.74) is 0. The first-order valence-electron chi connectivity index (χ1n) is 4.13. The van der Waals surface area contributed by atoms with Gasteiger partial charge in [-0.05, 0) is 43.0 Å². The summed E-state index contributed by atoms with van der Waals surface area (Å²) in [6.45, 7) is 0. The van der Waals surface area contributed by atoms with E-state index in [1.807, 2.05) is 0 Å². The highest BCUT2D eigenvalue weighted by molar-refractivity contribution is 7.97. The van der Waals surface area contributed by atoms with E-state index in [4.69, 9.17) is 0 Å². The molecule has 0 radical (unpaired) electrons. The average Bonchev–Trinajstić information content (AvgIpc) is 2.33. The van der Waals surface area contributed by atoms with E-state index in [0.717, 1.165) is 10.9 Å². The molecule has 0 aromatic heterocycles. The van der Waals surface area contributed by atoms with E-state index in [9.17, 15) is 0 Å². The second-order valence-corrected chi connectivity index (χ2v) is 5.76. The van der Waals surface area contributed by atoms with Gasteiger partial charge < -0.3 is 0 Å². The summed E-state index contributed by atoms with van der Waals surface area (Å²) in [4.78, 5) is 0. The van der Waals surface area contributed by atoms with Crippen molar-refractivity contribution in [2.24, 2.45) is 0 Å². The van der Waals surface area contributed by atoms with Crippen LogP contribution < -0.4 is 0 Å². The van der Waals surface area contributed by atoms with Crippen molar-refractivity contribution >= 4 is 10.9 Å². The molecule has 0 aliphatic carbocycles. The molecule has 0 saturated carbocycles. The lowest BCUT2D eigenvalue weighted by atomic mass is 10.1. The maximum Gasteiger partial charge on any atom is 0.118 e. The van der Waals surface area contributed by atoms with Gasteiger partial charge in [0.2, 0.25) is 0 Å². The minimum atomic E-state index is 0.915. The molecular weight excluding hydrogens is 128 g/mol. The van der Waals surface area contributed by atoms with Crippen LogP contribution in [0.2, 0.25) is 0 Å². The third-order valence-electron chi connectivity index (χ3n) is 2.59. The Labute approximate surface area is 60.4 Å². The zero-order valence-corrected chi connectivity index (χ0v) is 6.75. The Morgan fingerprint density at radius 2 is 1.67 bits per heavy atom. The normalized spacial score (nSPS) is 42.7. The largest absolute Gasteiger partial charge is 0.118 e. The molecule has 9 heavy (non-hydrogen) atoms. The standard InChI is InChI=1S/C8H15S/c1-2-6-9-7-3-5-8(9)4-1/h8H,1-7H2/q+1/t8-,9?/m1/s1. The molecule has 2 rings (SSSR count). The lowest BCUT2D eigenvalue weighted by Crippen LogP contribution is -2.24. The van der Waals surface area contributed by atoms with Crippen molar-refractivity contribution in [2.45, 2.75) is 37.4 Å². The zero-order valence-electron chi connectivity index (χ0n) is 5.94. The molecule has 1 unspecified atom stereocenters. The van der Waals surface area contributed by atoms with Crippen LogP contribution in [-0.2, 0) is 10.9 Å². The van der Waals surface area contributed by atoms with Crippen LogP contribution in [0.25, 0.3) is 0 Å². The quantitative estimate of drug-likeness (QED) is 0.455. The highest BCUT2D eigenvalue weighted by Crippen LogP contribution is 2.31. The third-order valence-corrected chi connectivity index (χ3v) is 5.63. The summed E-state index contributed by atoms with van der Waals surface area (Å²) in [6.07, 6.45) is 7.77. The molecule has 0 bridgehead atoms. The SMILES string of the molecule is C1CC[S+]2CCC[C@H]2C1. The molecule has 0 aromatic carbocycles. The Morgan fingerprint density at radius 1 is 0.889 bits per heavy atom. The minimum Gasteiger partial charge on any atom is -0.0441 e. The van der Waals surface area contributed by atoms with Crippen LogP contribution in [0.3, 0.4) is 0 Å². The predicted octanol–water partition coefficient (Wildman–Crippen LogP) is 1.95. The van der Waals surface area contributed by atoms with Crippen LogP contribution in [-0.4, -0.2) is 16.8 Å². The van der Waals surface area contributed by atoms with E-state index in [1.54, 1.807) is 37.2 Å². The summed E-state index contributed by atoms with van der Waals surface area (Å²) in [5.74, 6) is 3.18. The molecule has 0 amide bonds. The van der Waals surface area contributed by atoms with Gasteiger partial charge in [-0.3, -0.25) is 0 Å². The van der Waals surface area contributed by atoms with Crippen LogP contribution in [0, 0.1) is 0 Å². The molecule has 2 atom stereocenters. The minimum absolute atomic E-state index is 0.915. The first-order chi connectivity index (χ1) is 4.47. The van der Waals surface area contributed by atoms with Gasteiger partial charge in [-0.15, -0.1) is 0 Å². The first kappa shape index (κ1) is 6.09. The fourth-order valence-corrected chi connectivity index (χ4v) is 5.05. The molecular formula is C8H15S+. The third kappa shape index (κ3) is 1.12. The van der Waals surface area contributed by atoms with Crippen molar-refractivity contribution in [3.8, 4) is 0 Å². The maximum absolute atomic E-state index is 1.59. The highest BCUT2D eigenvalue weighted by Gasteiger charge is 2.37. The Hall–Kier alpha value is 0.350. The van der Waals surface area contributed by atoms with E-state index >= 15 is 0 Å². The number of hydrogen-bond donors (Lipinski definition) is 0. The number of rotatable bonds is 0. The van der Waals surface area contributed by atoms with E-state index in [1.165, 1.54) is 11.7 Å². The van der Waals surface area contributed by atoms with Gasteiger partial charge in [0.15, 0.2) is 0 Å². The van der Waals surface area contributed by atoms with E-state index < -0.39 is 0 Å². The Morgan fingerprint density at radius 3 is 2.56 bits per heavy atom. The molecule has 0 nitrogen and oxygen atoms in total. The molecule has 52 valence electrons. The van der Waals surface area contributed by atoms with Crippen molar-refractivity contribution in [3.63, 3.8) is 0 Å². The van der Waals surface area contributed by atoms with Crippen LogP contribution in [0.1, 0.15) is 32.1 Å². The van der Waals surface area contributed by atoms with Gasteiger partial charge in [-0.25, -0.2) is 0 Å². The van der Waals surface area contributed by atoms with Crippen molar-refractivity contribution in [3.05, 3.63) is 0 Å². The van der Waals surface area contributed by atoms with Crippen molar-refractivity contribution < 1.29 is 0 Å². The molecule has 2 saturated heterocycles. The smallest absolute Gasteiger partial charge is 0.0441 e. The summed E-state index contributed by atoms with van der Waals surface area (Å²) in [6, 6.07) is 0. The van der Waals surface area contributed by atoms with E-state index in [2.05, 4.69) is 0 Å². The topological polar surface area (TPSA) is 0 Å². The van der Waals surface area contributed by atoms with Crippen LogP contribution in [0.15, 0.2) is 0 Å². The van der Waals surface area contributed by atoms with Crippen molar-refractivity contribution in [2.75, 3.05) is 11.5 Å². The molecule has 2 aliphatic rings. The van der Waals surface area contributed by atoms with E-state index in [-0.39, 0.29) is 0 Å². The second kappa shape index (κ2) is 2.53. The van der Waals surface area contributed by atoms with Gasteiger partial charge in [0.05, 0.1) is 0 Å². The lowest BCUT2D eigenvalue weighted by Gasteiger charge is -2.16. The fraction of sp³-hybridized carbons (Fsp3) is 1.00. The Balaban J connectivity index is 1.97. The van der Waals surface area contributed by atoms with E-state index in [0.29, 0.717) is 0 Å². The average molecular weight is 143 g/mol. The molecule has 0 spiro atoms. The van der Waals surface area contributed by atoms with Gasteiger partial charge in [0, 0.05) is 0 Å². The lowest BCUT2D eigenvalue weighted by molar-refractivity contribution is 0.643. The predicted molar refractivity (Wildman–Crippen MR) is 44.0 cm³/mol. The molecule has 1 heteroatoms. The van der Waals surface area contributed by atoms with Gasteiger partial charge in [-0.2, -0.15) is 0 Å². The van der Waals surface area contributed by atoms with Crippen molar-refractivity contribution in [1.82, 2.24) is 0 Å². The van der Waals surface area contributed by atoms with Crippen LogP contribution >= 0.6 is 0 Å². The molecule has 2 heterocycles. The van der Waals surface area contributed by atoms with Crippen molar-refractivity contribution in [1.29, 1.82) is 0 Å². The monoisotopic (exact) mass is 143 g/mol. The summed E-state index contributed by atoms with van der Waals surface area (Å²) in [5, 5.41) is 1.19. The molecule has 2 fully saturated rings. The Bertz CT molecular complexity index is 88.7. The van der Waals surface area contributed by atoms with Gasteiger partial charge in [-0.1, -0.05) is 0 Å². The Kier molecular flexibility index (Phi) is 1.71. The first-order valence-corrected chi connectivity index (χ1v) is 5.76. The molecule has 0 N–H and O–H groups in total. The molecule has 2 aliphatic heterocycles. The molecule has 0 aromatic rings. The zero-order chi connectivity index (χ0) is 6.10. The van der Waals surface area contributed by atoms with Gasteiger partial charge in [0.1, 0.15) is 16.8 Å². The summed E-state index contributed by atoms with van der Waals surface area (Å²) in [7, 11) is 0.915. The number of hydrogen-bond acceptors (Lipinski definition) is 0. The highest BCUT2D eigenvalue weighted by atomic mass is 32.2. The fourth-order valence-electron chi connectivity index (χ4n) is 2.07. The number of fused-ring (bicyclic) bond motifs is 1.